The lowest BCUT2D eigenvalue weighted by Crippen LogP contribution is -2.21. The van der Waals surface area contributed by atoms with Crippen LogP contribution in [0.1, 0.15) is 32.4 Å². The first-order valence-electron chi connectivity index (χ1n) is 6.08. The summed E-state index contributed by atoms with van der Waals surface area (Å²) in [6, 6.07) is 7.74. The summed E-state index contributed by atoms with van der Waals surface area (Å²) in [6.45, 7) is 6.71. The molecule has 1 aromatic rings. The van der Waals surface area contributed by atoms with E-state index in [1.807, 2.05) is 31.2 Å². The summed E-state index contributed by atoms with van der Waals surface area (Å²) in [6.07, 6.45) is -0.0566. The molecule has 0 N–H and O–H groups in total. The normalized spacial score (nSPS) is 32.9. The van der Waals surface area contributed by atoms with E-state index in [4.69, 9.17) is 21.1 Å². The van der Waals surface area contributed by atoms with Crippen LogP contribution in [0.2, 0.25) is 5.02 Å². The van der Waals surface area contributed by atoms with Crippen LogP contribution in [0, 0.1) is 0 Å². The summed E-state index contributed by atoms with van der Waals surface area (Å²) in [7, 11) is 0. The molecule has 0 aliphatic carbocycles. The van der Waals surface area contributed by atoms with Crippen LogP contribution >= 0.6 is 11.6 Å². The minimum Gasteiger partial charge on any atom is -0.476 e. The van der Waals surface area contributed by atoms with Gasteiger partial charge in [0.25, 0.3) is 0 Å². The Hall–Kier alpha value is -1.06. The Morgan fingerprint density at radius 2 is 2.00 bits per heavy atom. The topological polar surface area (TPSA) is 34.1 Å². The van der Waals surface area contributed by atoms with E-state index >= 15 is 0 Å². The lowest BCUT2D eigenvalue weighted by Gasteiger charge is -2.07. The van der Waals surface area contributed by atoms with Crippen molar-refractivity contribution in [1.29, 1.82) is 0 Å². The fourth-order valence-electron chi connectivity index (χ4n) is 2.26. The number of aliphatic imine (C=N–C) groups is 1. The van der Waals surface area contributed by atoms with Crippen LogP contribution in [0.3, 0.4) is 0 Å². The molecule has 0 bridgehead atoms. The average molecular weight is 266 g/mol. The molecule has 0 saturated carbocycles. The molecule has 0 radical (unpaired) electrons. The SMILES string of the molecule is CC1(C)COC([C@]2(C)O[C@@H]2c2ccccc2Cl)=N1. The Kier molecular flexibility index (Phi) is 2.48. The van der Waals surface area contributed by atoms with Crippen molar-refractivity contribution >= 4 is 17.5 Å². The van der Waals surface area contributed by atoms with Crippen LogP contribution < -0.4 is 0 Å². The average Bonchev–Trinajstić information content (AvgIpc) is 2.84. The third-order valence-electron chi connectivity index (χ3n) is 3.38. The van der Waals surface area contributed by atoms with Crippen molar-refractivity contribution in [3.05, 3.63) is 34.9 Å². The molecule has 0 aromatic heterocycles. The van der Waals surface area contributed by atoms with Gasteiger partial charge in [-0.25, -0.2) is 4.99 Å². The Bertz CT molecular complexity index is 526. The molecule has 4 heteroatoms. The first-order chi connectivity index (χ1) is 8.42. The van der Waals surface area contributed by atoms with Gasteiger partial charge in [0.15, 0.2) is 5.60 Å². The maximum Gasteiger partial charge on any atom is 0.220 e. The van der Waals surface area contributed by atoms with Crippen molar-refractivity contribution in [3.8, 4) is 0 Å². The highest BCUT2D eigenvalue weighted by molar-refractivity contribution is 6.31. The lowest BCUT2D eigenvalue weighted by molar-refractivity contribution is 0.251. The Balaban J connectivity index is 1.87. The number of nitrogens with zero attached hydrogens (tertiary/aromatic N) is 1. The highest BCUT2D eigenvalue weighted by Crippen LogP contribution is 2.53. The zero-order valence-corrected chi connectivity index (χ0v) is 11.5. The van der Waals surface area contributed by atoms with Crippen LogP contribution in [-0.4, -0.2) is 23.6 Å². The predicted molar refractivity (Wildman–Crippen MR) is 71.1 cm³/mol. The van der Waals surface area contributed by atoms with Gasteiger partial charge in [-0.2, -0.15) is 0 Å². The molecular weight excluding hydrogens is 250 g/mol. The Morgan fingerprint density at radius 3 is 2.61 bits per heavy atom. The maximum absolute atomic E-state index is 6.19. The highest BCUT2D eigenvalue weighted by Gasteiger charge is 2.61. The van der Waals surface area contributed by atoms with Gasteiger partial charge in [-0.1, -0.05) is 29.8 Å². The van der Waals surface area contributed by atoms with Gasteiger partial charge in [0, 0.05) is 10.6 Å². The van der Waals surface area contributed by atoms with Crippen LogP contribution in [0.25, 0.3) is 0 Å². The molecule has 0 unspecified atom stereocenters. The van der Waals surface area contributed by atoms with Gasteiger partial charge in [0.05, 0.1) is 5.54 Å². The molecule has 3 nitrogen and oxygen atoms in total. The second kappa shape index (κ2) is 3.72. The number of hydrogen-bond acceptors (Lipinski definition) is 3. The number of rotatable bonds is 2. The number of ether oxygens (including phenoxy) is 2. The summed E-state index contributed by atoms with van der Waals surface area (Å²) < 4.78 is 11.5. The van der Waals surface area contributed by atoms with Crippen LogP contribution in [0.15, 0.2) is 29.3 Å². The van der Waals surface area contributed by atoms with E-state index in [0.29, 0.717) is 12.5 Å². The minimum absolute atomic E-state index is 0.0566. The van der Waals surface area contributed by atoms with Crippen molar-refractivity contribution in [2.24, 2.45) is 4.99 Å². The number of epoxide rings is 1. The number of halogens is 1. The second-order valence-electron chi connectivity index (χ2n) is 5.64. The summed E-state index contributed by atoms with van der Waals surface area (Å²) in [4.78, 5) is 4.59. The third kappa shape index (κ3) is 1.82. The molecule has 2 heterocycles. The zero-order valence-electron chi connectivity index (χ0n) is 10.7. The molecule has 3 rings (SSSR count). The van der Waals surface area contributed by atoms with Gasteiger partial charge in [0.2, 0.25) is 5.90 Å². The van der Waals surface area contributed by atoms with Gasteiger partial charge in [0.1, 0.15) is 12.7 Å². The molecule has 18 heavy (non-hydrogen) atoms. The van der Waals surface area contributed by atoms with Gasteiger partial charge in [-0.05, 0) is 26.8 Å². The molecule has 0 amide bonds. The van der Waals surface area contributed by atoms with Crippen molar-refractivity contribution in [2.75, 3.05) is 6.61 Å². The van der Waals surface area contributed by atoms with E-state index in [2.05, 4.69) is 18.8 Å². The fourth-order valence-corrected chi connectivity index (χ4v) is 2.49. The molecule has 1 saturated heterocycles. The van der Waals surface area contributed by atoms with E-state index in [0.717, 1.165) is 10.6 Å². The standard InChI is InChI=1S/C14H16ClNO2/c1-13(2)8-17-12(16-13)14(3)11(18-14)9-6-4-5-7-10(9)15/h4-7,11H,8H2,1-3H3/t11-,14-/m1/s1. The van der Waals surface area contributed by atoms with Crippen LogP contribution in [0.4, 0.5) is 0 Å². The third-order valence-corrected chi connectivity index (χ3v) is 3.73. The summed E-state index contributed by atoms with van der Waals surface area (Å²) in [5.41, 5.74) is 0.381. The van der Waals surface area contributed by atoms with E-state index in [1.54, 1.807) is 0 Å². The van der Waals surface area contributed by atoms with E-state index in [9.17, 15) is 0 Å². The zero-order chi connectivity index (χ0) is 13.0. The van der Waals surface area contributed by atoms with Gasteiger partial charge in [-0.3, -0.25) is 0 Å². The van der Waals surface area contributed by atoms with E-state index < -0.39 is 5.60 Å². The smallest absolute Gasteiger partial charge is 0.220 e. The quantitative estimate of drug-likeness (QED) is 0.769. The van der Waals surface area contributed by atoms with Crippen molar-refractivity contribution in [2.45, 2.75) is 38.0 Å². The van der Waals surface area contributed by atoms with Crippen LogP contribution in [0.5, 0.6) is 0 Å². The van der Waals surface area contributed by atoms with E-state index in [-0.39, 0.29) is 11.6 Å². The Labute approximate surface area is 112 Å². The van der Waals surface area contributed by atoms with Crippen molar-refractivity contribution < 1.29 is 9.47 Å². The molecule has 2 atom stereocenters. The second-order valence-corrected chi connectivity index (χ2v) is 6.05. The van der Waals surface area contributed by atoms with Crippen molar-refractivity contribution in [1.82, 2.24) is 0 Å². The molecule has 2 aliphatic heterocycles. The largest absolute Gasteiger partial charge is 0.476 e. The number of hydrogen-bond donors (Lipinski definition) is 0. The summed E-state index contributed by atoms with van der Waals surface area (Å²) >= 11 is 6.19. The molecule has 1 fully saturated rings. The summed E-state index contributed by atoms with van der Waals surface area (Å²) in [5.74, 6) is 0.692. The van der Waals surface area contributed by atoms with Gasteiger partial charge in [-0.15, -0.1) is 0 Å². The molecule has 0 spiro atoms. The van der Waals surface area contributed by atoms with Crippen molar-refractivity contribution in [3.63, 3.8) is 0 Å². The molecular formula is C14H16ClNO2. The summed E-state index contributed by atoms with van der Waals surface area (Å²) in [5, 5.41) is 0.726. The highest BCUT2D eigenvalue weighted by atomic mass is 35.5. The molecule has 2 aliphatic rings. The molecule has 1 aromatic carbocycles. The predicted octanol–water partition coefficient (Wildman–Crippen LogP) is 3.38. The first-order valence-corrected chi connectivity index (χ1v) is 6.46. The monoisotopic (exact) mass is 265 g/mol. The fraction of sp³-hybridized carbons (Fsp3) is 0.500. The number of benzene rings is 1. The van der Waals surface area contributed by atoms with E-state index in [1.165, 1.54) is 0 Å². The first kappa shape index (κ1) is 12.0. The Morgan fingerprint density at radius 1 is 1.28 bits per heavy atom. The maximum atomic E-state index is 6.19. The lowest BCUT2D eigenvalue weighted by atomic mass is 10.0. The molecule has 96 valence electrons. The van der Waals surface area contributed by atoms with Gasteiger partial charge < -0.3 is 9.47 Å². The van der Waals surface area contributed by atoms with Crippen LogP contribution in [-0.2, 0) is 9.47 Å². The van der Waals surface area contributed by atoms with Gasteiger partial charge >= 0.3 is 0 Å². The minimum atomic E-state index is -0.460.